The number of nitrogen functional groups attached to an aromatic ring is 1. The standard InChI is InChI=1S/C14H21N3O/c1-9-4-3-5-12(9)17-13-8-10(15)6-7-11(13)14(18)16-2/h6-9,12,17H,3-5,15H2,1-2H3,(H,16,18). The zero-order chi connectivity index (χ0) is 13.1. The maximum Gasteiger partial charge on any atom is 0.253 e. The van der Waals surface area contributed by atoms with Crippen LogP contribution < -0.4 is 16.4 Å². The van der Waals surface area contributed by atoms with Crippen molar-refractivity contribution in [2.45, 2.75) is 32.2 Å². The van der Waals surface area contributed by atoms with Gasteiger partial charge in [-0.25, -0.2) is 0 Å². The quantitative estimate of drug-likeness (QED) is 0.717. The summed E-state index contributed by atoms with van der Waals surface area (Å²) in [5, 5.41) is 6.13. The highest BCUT2D eigenvalue weighted by Gasteiger charge is 2.24. The van der Waals surface area contributed by atoms with E-state index in [4.69, 9.17) is 5.73 Å². The van der Waals surface area contributed by atoms with Crippen LogP contribution >= 0.6 is 0 Å². The minimum absolute atomic E-state index is 0.0804. The lowest BCUT2D eigenvalue weighted by molar-refractivity contribution is 0.0964. The van der Waals surface area contributed by atoms with Crippen LogP contribution in [0.4, 0.5) is 11.4 Å². The maximum atomic E-state index is 11.8. The van der Waals surface area contributed by atoms with Gasteiger partial charge in [0.2, 0.25) is 0 Å². The molecule has 2 unspecified atom stereocenters. The molecule has 1 amide bonds. The van der Waals surface area contributed by atoms with Gasteiger partial charge in [0, 0.05) is 24.5 Å². The van der Waals surface area contributed by atoms with Crippen molar-refractivity contribution in [2.75, 3.05) is 18.1 Å². The first-order valence-corrected chi connectivity index (χ1v) is 6.50. The van der Waals surface area contributed by atoms with Crippen LogP contribution in [0.1, 0.15) is 36.5 Å². The average molecular weight is 247 g/mol. The molecule has 1 fully saturated rings. The minimum atomic E-state index is -0.0804. The van der Waals surface area contributed by atoms with Crippen LogP contribution in [0.15, 0.2) is 18.2 Å². The second-order valence-corrected chi connectivity index (χ2v) is 5.04. The topological polar surface area (TPSA) is 67.2 Å². The molecule has 98 valence electrons. The highest BCUT2D eigenvalue weighted by atomic mass is 16.1. The Bertz CT molecular complexity index is 445. The Morgan fingerprint density at radius 2 is 2.17 bits per heavy atom. The van der Waals surface area contributed by atoms with Crippen LogP contribution in [-0.2, 0) is 0 Å². The summed E-state index contributed by atoms with van der Waals surface area (Å²) in [4.78, 5) is 11.8. The van der Waals surface area contributed by atoms with Crippen LogP contribution in [0.2, 0.25) is 0 Å². The van der Waals surface area contributed by atoms with E-state index in [2.05, 4.69) is 17.6 Å². The Hall–Kier alpha value is -1.71. The van der Waals surface area contributed by atoms with Gasteiger partial charge in [0.15, 0.2) is 0 Å². The number of benzene rings is 1. The van der Waals surface area contributed by atoms with E-state index in [9.17, 15) is 4.79 Å². The lowest BCUT2D eigenvalue weighted by Crippen LogP contribution is -2.25. The summed E-state index contributed by atoms with van der Waals surface area (Å²) in [5.41, 5.74) is 7.98. The van der Waals surface area contributed by atoms with E-state index in [0.29, 0.717) is 23.2 Å². The molecular formula is C14H21N3O. The van der Waals surface area contributed by atoms with Gasteiger partial charge < -0.3 is 16.4 Å². The molecule has 1 aliphatic carbocycles. The van der Waals surface area contributed by atoms with E-state index < -0.39 is 0 Å². The molecule has 1 aliphatic rings. The first-order chi connectivity index (χ1) is 8.61. The van der Waals surface area contributed by atoms with E-state index in [1.165, 1.54) is 12.8 Å². The monoisotopic (exact) mass is 247 g/mol. The third kappa shape index (κ3) is 2.58. The molecule has 0 bridgehead atoms. The molecule has 18 heavy (non-hydrogen) atoms. The molecule has 2 atom stereocenters. The summed E-state index contributed by atoms with van der Waals surface area (Å²) in [7, 11) is 1.64. The van der Waals surface area contributed by atoms with E-state index in [-0.39, 0.29) is 5.91 Å². The Morgan fingerprint density at radius 1 is 1.39 bits per heavy atom. The minimum Gasteiger partial charge on any atom is -0.399 e. The molecule has 0 aromatic heterocycles. The van der Waals surface area contributed by atoms with Gasteiger partial charge in [0.1, 0.15) is 0 Å². The Balaban J connectivity index is 2.24. The third-order valence-electron chi connectivity index (χ3n) is 3.72. The summed E-state index contributed by atoms with van der Waals surface area (Å²) < 4.78 is 0. The highest BCUT2D eigenvalue weighted by Crippen LogP contribution is 2.30. The molecule has 1 aromatic rings. The number of amides is 1. The Kier molecular flexibility index (Phi) is 3.75. The molecule has 4 nitrogen and oxygen atoms in total. The second-order valence-electron chi connectivity index (χ2n) is 5.04. The van der Waals surface area contributed by atoms with Crippen molar-refractivity contribution < 1.29 is 4.79 Å². The number of hydrogen-bond donors (Lipinski definition) is 3. The molecule has 0 saturated heterocycles. The van der Waals surface area contributed by atoms with Crippen LogP contribution in [-0.4, -0.2) is 19.0 Å². The lowest BCUT2D eigenvalue weighted by Gasteiger charge is -2.21. The molecule has 0 aliphatic heterocycles. The van der Waals surface area contributed by atoms with Gasteiger partial charge in [-0.2, -0.15) is 0 Å². The third-order valence-corrected chi connectivity index (χ3v) is 3.72. The first-order valence-electron chi connectivity index (χ1n) is 6.50. The summed E-state index contributed by atoms with van der Waals surface area (Å²) in [5.74, 6) is 0.562. The normalized spacial score (nSPS) is 22.8. The Labute approximate surface area is 108 Å². The fourth-order valence-electron chi connectivity index (χ4n) is 2.57. The number of nitrogens with two attached hydrogens (primary N) is 1. The summed E-state index contributed by atoms with van der Waals surface area (Å²) in [6.45, 7) is 2.25. The van der Waals surface area contributed by atoms with Crippen LogP contribution in [0, 0.1) is 5.92 Å². The largest absolute Gasteiger partial charge is 0.399 e. The molecule has 1 saturated carbocycles. The van der Waals surface area contributed by atoms with Crippen molar-refractivity contribution in [3.63, 3.8) is 0 Å². The lowest BCUT2D eigenvalue weighted by atomic mass is 10.0. The SMILES string of the molecule is CNC(=O)c1ccc(N)cc1NC1CCCC1C. The molecule has 4 N–H and O–H groups in total. The molecular weight excluding hydrogens is 226 g/mol. The van der Waals surface area contributed by atoms with Crippen molar-refractivity contribution in [1.82, 2.24) is 5.32 Å². The van der Waals surface area contributed by atoms with Crippen molar-refractivity contribution in [1.29, 1.82) is 0 Å². The number of carbonyl (C=O) groups is 1. The van der Waals surface area contributed by atoms with Crippen molar-refractivity contribution in [2.24, 2.45) is 5.92 Å². The molecule has 0 heterocycles. The zero-order valence-electron chi connectivity index (χ0n) is 11.0. The average Bonchev–Trinajstić information content (AvgIpc) is 2.74. The number of hydrogen-bond acceptors (Lipinski definition) is 3. The summed E-state index contributed by atoms with van der Waals surface area (Å²) in [6.07, 6.45) is 3.65. The van der Waals surface area contributed by atoms with Crippen LogP contribution in [0.25, 0.3) is 0 Å². The smallest absolute Gasteiger partial charge is 0.253 e. The van der Waals surface area contributed by atoms with Gasteiger partial charge in [-0.05, 0) is 37.0 Å². The van der Waals surface area contributed by atoms with E-state index in [0.717, 1.165) is 12.1 Å². The van der Waals surface area contributed by atoms with E-state index in [1.807, 2.05) is 6.07 Å². The van der Waals surface area contributed by atoms with Gasteiger partial charge in [0.05, 0.1) is 5.56 Å². The summed E-state index contributed by atoms with van der Waals surface area (Å²) in [6, 6.07) is 5.81. The number of anilines is 2. The highest BCUT2D eigenvalue weighted by molar-refractivity contribution is 6.00. The van der Waals surface area contributed by atoms with E-state index in [1.54, 1.807) is 19.2 Å². The fourth-order valence-corrected chi connectivity index (χ4v) is 2.57. The predicted molar refractivity (Wildman–Crippen MR) is 74.7 cm³/mol. The maximum absolute atomic E-state index is 11.8. The second kappa shape index (κ2) is 5.29. The molecule has 2 rings (SSSR count). The van der Waals surface area contributed by atoms with Crippen LogP contribution in [0.3, 0.4) is 0 Å². The fraction of sp³-hybridized carbons (Fsp3) is 0.500. The van der Waals surface area contributed by atoms with E-state index >= 15 is 0 Å². The number of nitrogens with one attached hydrogen (secondary N) is 2. The Morgan fingerprint density at radius 3 is 2.78 bits per heavy atom. The molecule has 1 aromatic carbocycles. The van der Waals surface area contributed by atoms with Crippen LogP contribution in [0.5, 0.6) is 0 Å². The molecule has 0 radical (unpaired) electrons. The number of rotatable bonds is 3. The van der Waals surface area contributed by atoms with Gasteiger partial charge in [-0.1, -0.05) is 13.3 Å². The first kappa shape index (κ1) is 12.7. The van der Waals surface area contributed by atoms with Gasteiger partial charge in [-0.15, -0.1) is 0 Å². The van der Waals surface area contributed by atoms with Crippen molar-refractivity contribution >= 4 is 17.3 Å². The van der Waals surface area contributed by atoms with Gasteiger partial charge >= 0.3 is 0 Å². The van der Waals surface area contributed by atoms with Gasteiger partial charge in [-0.3, -0.25) is 4.79 Å². The summed E-state index contributed by atoms with van der Waals surface area (Å²) >= 11 is 0. The molecule has 0 spiro atoms. The number of carbonyl (C=O) groups excluding carboxylic acids is 1. The van der Waals surface area contributed by atoms with Crippen molar-refractivity contribution in [3.05, 3.63) is 23.8 Å². The predicted octanol–water partition coefficient (Wildman–Crippen LogP) is 2.23. The zero-order valence-corrected chi connectivity index (χ0v) is 11.0. The van der Waals surface area contributed by atoms with Gasteiger partial charge in [0.25, 0.3) is 5.91 Å². The molecule has 4 heteroatoms. The van der Waals surface area contributed by atoms with Crippen molar-refractivity contribution in [3.8, 4) is 0 Å².